The molecule has 0 aliphatic carbocycles. The lowest BCUT2D eigenvalue weighted by molar-refractivity contribution is -0.148. The van der Waals surface area contributed by atoms with E-state index in [4.69, 9.17) is 13.9 Å². The van der Waals surface area contributed by atoms with Crippen LogP contribution >= 0.6 is 11.8 Å². The van der Waals surface area contributed by atoms with Gasteiger partial charge in [0.25, 0.3) is 0 Å². The summed E-state index contributed by atoms with van der Waals surface area (Å²) in [6.45, 7) is 6.03. The lowest BCUT2D eigenvalue weighted by atomic mass is 10.1. The van der Waals surface area contributed by atoms with Gasteiger partial charge in [0.2, 0.25) is 5.89 Å². The van der Waals surface area contributed by atoms with E-state index in [1.807, 2.05) is 62.4 Å². The van der Waals surface area contributed by atoms with Gasteiger partial charge in [0.15, 0.2) is 0 Å². The molecule has 7 heteroatoms. The molecule has 3 aromatic rings. The fourth-order valence-corrected chi connectivity index (χ4v) is 4.77. The molecule has 1 saturated heterocycles. The van der Waals surface area contributed by atoms with Crippen molar-refractivity contribution in [2.24, 2.45) is 0 Å². The van der Waals surface area contributed by atoms with Crippen LogP contribution in [0, 0.1) is 6.92 Å². The van der Waals surface area contributed by atoms with Gasteiger partial charge in [0.1, 0.15) is 29.9 Å². The summed E-state index contributed by atoms with van der Waals surface area (Å²) in [5.41, 5.74) is 2.83. The molecular formula is C25H28N2O4S. The lowest BCUT2D eigenvalue weighted by Crippen LogP contribution is -2.47. The van der Waals surface area contributed by atoms with Crippen molar-refractivity contribution in [1.82, 2.24) is 9.88 Å². The Kier molecular flexibility index (Phi) is 7.50. The van der Waals surface area contributed by atoms with Gasteiger partial charge in [-0.3, -0.25) is 9.69 Å². The third kappa shape index (κ3) is 5.53. The highest BCUT2D eigenvalue weighted by molar-refractivity contribution is 7.99. The maximum Gasteiger partial charge on any atom is 0.324 e. The summed E-state index contributed by atoms with van der Waals surface area (Å²) < 4.78 is 17.1. The number of benzene rings is 2. The minimum Gasteiger partial charge on any atom is -0.487 e. The monoisotopic (exact) mass is 452 g/mol. The summed E-state index contributed by atoms with van der Waals surface area (Å²) in [7, 11) is 0. The molecule has 0 saturated carbocycles. The number of hydrogen-bond donors (Lipinski definition) is 0. The molecule has 0 radical (unpaired) electrons. The van der Waals surface area contributed by atoms with Crippen molar-refractivity contribution < 1.29 is 18.7 Å². The molecule has 1 aliphatic heterocycles. The third-order valence-corrected chi connectivity index (χ3v) is 6.39. The van der Waals surface area contributed by atoms with Gasteiger partial charge in [0.05, 0.1) is 6.61 Å². The van der Waals surface area contributed by atoms with Crippen LogP contribution in [-0.2, 0) is 22.7 Å². The molecule has 2 heterocycles. The summed E-state index contributed by atoms with van der Waals surface area (Å²) in [5, 5.41) is 0. The fourth-order valence-electron chi connectivity index (χ4n) is 3.67. The average Bonchev–Trinajstić information content (AvgIpc) is 3.19. The molecule has 168 valence electrons. The number of aryl methyl sites for hydroxylation is 1. The van der Waals surface area contributed by atoms with E-state index >= 15 is 0 Å². The number of rotatable bonds is 8. The van der Waals surface area contributed by atoms with Gasteiger partial charge in [-0.1, -0.05) is 30.3 Å². The van der Waals surface area contributed by atoms with Gasteiger partial charge in [-0.2, -0.15) is 11.8 Å². The number of ether oxygens (including phenoxy) is 2. The third-order valence-electron chi connectivity index (χ3n) is 5.37. The molecule has 1 atom stereocenters. The Morgan fingerprint density at radius 3 is 2.88 bits per heavy atom. The molecule has 1 aliphatic rings. The molecule has 2 aromatic carbocycles. The topological polar surface area (TPSA) is 64.8 Å². The van der Waals surface area contributed by atoms with E-state index in [-0.39, 0.29) is 12.0 Å². The van der Waals surface area contributed by atoms with E-state index in [1.165, 1.54) is 0 Å². The number of oxazole rings is 1. The Balaban J connectivity index is 1.40. The molecular weight excluding hydrogens is 424 g/mol. The van der Waals surface area contributed by atoms with E-state index < -0.39 is 0 Å². The van der Waals surface area contributed by atoms with E-state index in [9.17, 15) is 4.79 Å². The second kappa shape index (κ2) is 10.7. The van der Waals surface area contributed by atoms with Gasteiger partial charge in [0, 0.05) is 30.2 Å². The van der Waals surface area contributed by atoms with Gasteiger partial charge in [-0.05, 0) is 43.7 Å². The van der Waals surface area contributed by atoms with E-state index in [2.05, 4.69) is 16.0 Å². The normalized spacial score (nSPS) is 16.6. The number of nitrogens with zero attached hydrogens (tertiary/aromatic N) is 2. The summed E-state index contributed by atoms with van der Waals surface area (Å²) in [5.74, 6) is 3.77. The molecule has 1 unspecified atom stereocenters. The first-order chi connectivity index (χ1) is 15.6. The zero-order valence-corrected chi connectivity index (χ0v) is 19.3. The van der Waals surface area contributed by atoms with E-state index in [0.29, 0.717) is 25.6 Å². The molecule has 1 fully saturated rings. The molecule has 6 nitrogen and oxygen atoms in total. The first-order valence-electron chi connectivity index (χ1n) is 10.9. The first kappa shape index (κ1) is 22.4. The lowest BCUT2D eigenvalue weighted by Gasteiger charge is -2.33. The summed E-state index contributed by atoms with van der Waals surface area (Å²) >= 11 is 1.80. The van der Waals surface area contributed by atoms with Crippen LogP contribution in [0.15, 0.2) is 59.0 Å². The largest absolute Gasteiger partial charge is 0.487 e. The van der Waals surface area contributed by atoms with Crippen LogP contribution in [0.25, 0.3) is 11.5 Å². The zero-order valence-electron chi connectivity index (χ0n) is 18.5. The molecule has 0 bridgehead atoms. The molecule has 4 rings (SSSR count). The van der Waals surface area contributed by atoms with Crippen molar-refractivity contribution in [2.75, 3.05) is 24.7 Å². The highest BCUT2D eigenvalue weighted by atomic mass is 32.2. The highest BCUT2D eigenvalue weighted by Gasteiger charge is 2.30. The number of hydrogen-bond acceptors (Lipinski definition) is 7. The number of esters is 1. The minimum absolute atomic E-state index is 0.136. The van der Waals surface area contributed by atoms with Crippen LogP contribution in [0.3, 0.4) is 0 Å². The molecule has 32 heavy (non-hydrogen) atoms. The predicted octanol–water partition coefficient (Wildman–Crippen LogP) is 4.71. The van der Waals surface area contributed by atoms with Gasteiger partial charge in [-0.15, -0.1) is 0 Å². The Morgan fingerprint density at radius 1 is 1.22 bits per heavy atom. The summed E-state index contributed by atoms with van der Waals surface area (Å²) in [4.78, 5) is 19.1. The van der Waals surface area contributed by atoms with Gasteiger partial charge < -0.3 is 13.9 Å². The van der Waals surface area contributed by atoms with Crippen LogP contribution in [0.4, 0.5) is 0 Å². The first-order valence-corrected chi connectivity index (χ1v) is 12.0. The van der Waals surface area contributed by atoms with Crippen molar-refractivity contribution >= 4 is 17.7 Å². The fraction of sp³-hybridized carbons (Fsp3) is 0.360. The predicted molar refractivity (Wildman–Crippen MR) is 126 cm³/mol. The van der Waals surface area contributed by atoms with Crippen molar-refractivity contribution in [3.8, 4) is 17.2 Å². The number of carbonyl (C=O) groups is 1. The van der Waals surface area contributed by atoms with E-state index in [0.717, 1.165) is 46.4 Å². The number of aromatic nitrogens is 1. The average molecular weight is 453 g/mol. The van der Waals surface area contributed by atoms with Crippen LogP contribution in [-0.4, -0.2) is 46.6 Å². The second-order valence-corrected chi connectivity index (χ2v) is 8.79. The van der Waals surface area contributed by atoms with Crippen molar-refractivity contribution in [1.29, 1.82) is 0 Å². The van der Waals surface area contributed by atoms with Crippen LogP contribution in [0.1, 0.15) is 23.9 Å². The Morgan fingerprint density at radius 2 is 2.06 bits per heavy atom. The summed E-state index contributed by atoms with van der Waals surface area (Å²) in [6, 6.07) is 17.6. The van der Waals surface area contributed by atoms with Crippen molar-refractivity contribution in [2.45, 2.75) is 33.0 Å². The maximum atomic E-state index is 12.3. The van der Waals surface area contributed by atoms with Gasteiger partial charge >= 0.3 is 5.97 Å². The smallest absolute Gasteiger partial charge is 0.324 e. The van der Waals surface area contributed by atoms with Crippen LogP contribution in [0.2, 0.25) is 0 Å². The van der Waals surface area contributed by atoms with Crippen molar-refractivity contribution in [3.05, 3.63) is 71.6 Å². The maximum absolute atomic E-state index is 12.3. The molecule has 0 amide bonds. The van der Waals surface area contributed by atoms with Gasteiger partial charge in [-0.25, -0.2) is 4.98 Å². The van der Waals surface area contributed by atoms with E-state index in [1.54, 1.807) is 11.8 Å². The second-order valence-electron chi connectivity index (χ2n) is 7.64. The quantitative estimate of drug-likeness (QED) is 0.459. The highest BCUT2D eigenvalue weighted by Crippen LogP contribution is 2.24. The minimum atomic E-state index is -0.201. The standard InChI is InChI=1S/C25H28N2O4S/c1-3-29-25(28)23-17-32-13-12-27(23)15-19-8-7-11-21(14-19)30-16-22-18(2)31-24(26-22)20-9-5-4-6-10-20/h4-11,14,23H,3,12-13,15-17H2,1-2H3. The molecule has 0 N–H and O–H groups in total. The Labute approximate surface area is 192 Å². The van der Waals surface area contributed by atoms with Crippen LogP contribution < -0.4 is 4.74 Å². The SMILES string of the molecule is CCOC(=O)C1CSCCN1Cc1cccc(OCc2nc(-c3ccccc3)oc2C)c1. The summed E-state index contributed by atoms with van der Waals surface area (Å²) in [6.07, 6.45) is 0. The van der Waals surface area contributed by atoms with Crippen molar-refractivity contribution in [3.63, 3.8) is 0 Å². The number of thioether (sulfide) groups is 1. The number of carbonyl (C=O) groups excluding carboxylic acids is 1. The van der Waals surface area contributed by atoms with Crippen LogP contribution in [0.5, 0.6) is 5.75 Å². The molecule has 0 spiro atoms. The Bertz CT molecular complexity index is 1040. The molecule has 1 aromatic heterocycles. The zero-order chi connectivity index (χ0) is 22.3. The Hall–Kier alpha value is -2.77.